The zero-order chi connectivity index (χ0) is 18.2. The SMILES string of the molecule is COc1ccc(OC)c(/C=C/C(=O)Nc2cccc(NC(C)=O)c2)c1. The van der Waals surface area contributed by atoms with E-state index in [9.17, 15) is 9.59 Å². The summed E-state index contributed by atoms with van der Waals surface area (Å²) in [4.78, 5) is 23.2. The Morgan fingerprint density at radius 3 is 2.32 bits per heavy atom. The van der Waals surface area contributed by atoms with Crippen LogP contribution in [-0.4, -0.2) is 26.0 Å². The molecule has 0 saturated heterocycles. The van der Waals surface area contributed by atoms with Crippen LogP contribution in [0.15, 0.2) is 48.5 Å². The molecule has 6 nitrogen and oxygen atoms in total. The Morgan fingerprint density at radius 2 is 1.68 bits per heavy atom. The lowest BCUT2D eigenvalue weighted by atomic mass is 10.1. The zero-order valence-corrected chi connectivity index (χ0v) is 14.3. The summed E-state index contributed by atoms with van der Waals surface area (Å²) >= 11 is 0. The first kappa shape index (κ1) is 18.1. The number of methoxy groups -OCH3 is 2. The van der Waals surface area contributed by atoms with E-state index in [2.05, 4.69) is 10.6 Å². The molecule has 0 atom stereocenters. The second-order valence-corrected chi connectivity index (χ2v) is 5.19. The van der Waals surface area contributed by atoms with E-state index in [-0.39, 0.29) is 11.8 Å². The van der Waals surface area contributed by atoms with Crippen molar-refractivity contribution in [2.75, 3.05) is 24.9 Å². The van der Waals surface area contributed by atoms with Crippen LogP contribution in [0.1, 0.15) is 12.5 Å². The molecule has 2 N–H and O–H groups in total. The predicted octanol–water partition coefficient (Wildman–Crippen LogP) is 3.31. The predicted molar refractivity (Wildman–Crippen MR) is 98.0 cm³/mol. The van der Waals surface area contributed by atoms with Crippen molar-refractivity contribution < 1.29 is 19.1 Å². The maximum Gasteiger partial charge on any atom is 0.248 e. The molecule has 0 saturated carbocycles. The zero-order valence-electron chi connectivity index (χ0n) is 14.3. The Balaban J connectivity index is 2.10. The second-order valence-electron chi connectivity index (χ2n) is 5.19. The molecule has 0 unspecified atom stereocenters. The highest BCUT2D eigenvalue weighted by Gasteiger charge is 2.04. The van der Waals surface area contributed by atoms with Crippen LogP contribution in [0.4, 0.5) is 11.4 Å². The summed E-state index contributed by atoms with van der Waals surface area (Å²) in [5.41, 5.74) is 1.92. The first-order valence-electron chi connectivity index (χ1n) is 7.60. The van der Waals surface area contributed by atoms with Gasteiger partial charge in [0.15, 0.2) is 0 Å². The summed E-state index contributed by atoms with van der Waals surface area (Å²) in [5.74, 6) is 0.833. The van der Waals surface area contributed by atoms with Gasteiger partial charge in [-0.1, -0.05) is 6.07 Å². The molecular weight excluding hydrogens is 320 g/mol. The molecule has 0 aliphatic carbocycles. The van der Waals surface area contributed by atoms with Gasteiger partial charge in [0, 0.05) is 29.9 Å². The van der Waals surface area contributed by atoms with Gasteiger partial charge in [-0.3, -0.25) is 9.59 Å². The third-order valence-electron chi connectivity index (χ3n) is 3.30. The number of anilines is 2. The smallest absolute Gasteiger partial charge is 0.248 e. The lowest BCUT2D eigenvalue weighted by molar-refractivity contribution is -0.114. The van der Waals surface area contributed by atoms with Crippen LogP contribution in [0.5, 0.6) is 11.5 Å². The normalized spacial score (nSPS) is 10.4. The van der Waals surface area contributed by atoms with Crippen molar-refractivity contribution in [2.45, 2.75) is 6.92 Å². The first-order valence-corrected chi connectivity index (χ1v) is 7.60. The fourth-order valence-electron chi connectivity index (χ4n) is 2.20. The highest BCUT2D eigenvalue weighted by molar-refractivity contribution is 6.02. The fourth-order valence-corrected chi connectivity index (χ4v) is 2.20. The van der Waals surface area contributed by atoms with Crippen molar-refractivity contribution in [1.82, 2.24) is 0 Å². The van der Waals surface area contributed by atoms with E-state index < -0.39 is 0 Å². The van der Waals surface area contributed by atoms with E-state index in [0.29, 0.717) is 22.9 Å². The maximum atomic E-state index is 12.1. The molecule has 2 amide bonds. The minimum absolute atomic E-state index is 0.173. The van der Waals surface area contributed by atoms with Crippen LogP contribution in [0.3, 0.4) is 0 Å². The molecule has 2 rings (SSSR count). The molecule has 0 heterocycles. The highest BCUT2D eigenvalue weighted by Crippen LogP contribution is 2.25. The monoisotopic (exact) mass is 340 g/mol. The van der Waals surface area contributed by atoms with Crippen molar-refractivity contribution >= 4 is 29.3 Å². The van der Waals surface area contributed by atoms with Gasteiger partial charge in [-0.2, -0.15) is 0 Å². The van der Waals surface area contributed by atoms with Crippen molar-refractivity contribution in [2.24, 2.45) is 0 Å². The Kier molecular flexibility index (Phi) is 6.17. The molecule has 0 radical (unpaired) electrons. The lowest BCUT2D eigenvalue weighted by Gasteiger charge is -2.08. The standard InChI is InChI=1S/C19H20N2O4/c1-13(22)20-15-5-4-6-16(12-15)21-19(23)10-7-14-11-17(24-2)8-9-18(14)25-3/h4-12H,1-3H3,(H,20,22)(H,21,23)/b10-7+. The number of ether oxygens (including phenoxy) is 2. The molecule has 2 aromatic carbocycles. The number of carbonyl (C=O) groups is 2. The summed E-state index contributed by atoms with van der Waals surface area (Å²) in [6.07, 6.45) is 3.05. The van der Waals surface area contributed by atoms with Gasteiger partial charge < -0.3 is 20.1 Å². The molecule has 0 fully saturated rings. The largest absolute Gasteiger partial charge is 0.497 e. The van der Waals surface area contributed by atoms with Gasteiger partial charge in [0.2, 0.25) is 11.8 Å². The third-order valence-corrected chi connectivity index (χ3v) is 3.30. The van der Waals surface area contributed by atoms with Crippen LogP contribution >= 0.6 is 0 Å². The quantitative estimate of drug-likeness (QED) is 0.791. The Labute approximate surface area is 146 Å². The average Bonchev–Trinajstić information content (AvgIpc) is 2.59. The summed E-state index contributed by atoms with van der Waals surface area (Å²) in [6.45, 7) is 1.43. The Morgan fingerprint density at radius 1 is 0.960 bits per heavy atom. The van der Waals surface area contributed by atoms with Crippen molar-refractivity contribution in [3.8, 4) is 11.5 Å². The van der Waals surface area contributed by atoms with Gasteiger partial charge in [0.25, 0.3) is 0 Å². The van der Waals surface area contributed by atoms with Gasteiger partial charge in [0.05, 0.1) is 14.2 Å². The average molecular weight is 340 g/mol. The van der Waals surface area contributed by atoms with Crippen molar-refractivity contribution in [3.63, 3.8) is 0 Å². The molecule has 0 aliphatic heterocycles. The number of rotatable bonds is 6. The van der Waals surface area contributed by atoms with E-state index in [1.54, 1.807) is 62.8 Å². The number of hydrogen-bond acceptors (Lipinski definition) is 4. The molecule has 25 heavy (non-hydrogen) atoms. The number of benzene rings is 2. The number of hydrogen-bond donors (Lipinski definition) is 2. The van der Waals surface area contributed by atoms with Gasteiger partial charge in [-0.15, -0.1) is 0 Å². The molecule has 0 aliphatic rings. The maximum absolute atomic E-state index is 12.1. The molecule has 130 valence electrons. The highest BCUT2D eigenvalue weighted by atomic mass is 16.5. The second kappa shape index (κ2) is 8.54. The Bertz CT molecular complexity index is 800. The van der Waals surface area contributed by atoms with E-state index in [4.69, 9.17) is 9.47 Å². The topological polar surface area (TPSA) is 76.7 Å². The van der Waals surface area contributed by atoms with E-state index in [1.807, 2.05) is 0 Å². The van der Waals surface area contributed by atoms with Gasteiger partial charge >= 0.3 is 0 Å². The summed E-state index contributed by atoms with van der Waals surface area (Å²) < 4.78 is 10.4. The van der Waals surface area contributed by atoms with Crippen LogP contribution in [0.2, 0.25) is 0 Å². The molecule has 0 spiro atoms. The first-order chi connectivity index (χ1) is 12.0. The molecular formula is C19H20N2O4. The number of amides is 2. The van der Waals surface area contributed by atoms with Crippen molar-refractivity contribution in [1.29, 1.82) is 0 Å². The molecule has 0 bridgehead atoms. The number of carbonyl (C=O) groups excluding carboxylic acids is 2. The molecule has 6 heteroatoms. The van der Waals surface area contributed by atoms with Gasteiger partial charge in [-0.25, -0.2) is 0 Å². The van der Waals surface area contributed by atoms with Crippen LogP contribution in [-0.2, 0) is 9.59 Å². The summed E-state index contributed by atoms with van der Waals surface area (Å²) in [7, 11) is 3.14. The van der Waals surface area contributed by atoms with Crippen molar-refractivity contribution in [3.05, 3.63) is 54.1 Å². The van der Waals surface area contributed by atoms with Gasteiger partial charge in [0.1, 0.15) is 11.5 Å². The molecule has 0 aromatic heterocycles. The van der Waals surface area contributed by atoms with E-state index in [1.165, 1.54) is 13.0 Å². The van der Waals surface area contributed by atoms with Gasteiger partial charge in [-0.05, 0) is 42.5 Å². The van der Waals surface area contributed by atoms with Crippen LogP contribution in [0, 0.1) is 0 Å². The minimum atomic E-state index is -0.301. The number of nitrogens with one attached hydrogen (secondary N) is 2. The fraction of sp³-hybridized carbons (Fsp3) is 0.158. The van der Waals surface area contributed by atoms with E-state index in [0.717, 1.165) is 5.56 Å². The summed E-state index contributed by atoms with van der Waals surface area (Å²) in [5, 5.41) is 5.41. The lowest BCUT2D eigenvalue weighted by Crippen LogP contribution is -2.09. The van der Waals surface area contributed by atoms with E-state index >= 15 is 0 Å². The third kappa shape index (κ3) is 5.39. The molecule has 2 aromatic rings. The minimum Gasteiger partial charge on any atom is -0.497 e. The van der Waals surface area contributed by atoms with Crippen LogP contribution < -0.4 is 20.1 Å². The Hall–Kier alpha value is -3.28. The van der Waals surface area contributed by atoms with Crippen LogP contribution in [0.25, 0.3) is 6.08 Å². The summed E-state index contributed by atoms with van der Waals surface area (Å²) in [6, 6.07) is 12.2.